The molecule has 142 valence electrons. The molecule has 1 atom stereocenters. The van der Waals surface area contributed by atoms with Gasteiger partial charge in [-0.25, -0.2) is 4.39 Å². The van der Waals surface area contributed by atoms with Crippen LogP contribution in [0.3, 0.4) is 0 Å². The molecule has 1 N–H and O–H groups in total. The van der Waals surface area contributed by atoms with Gasteiger partial charge in [-0.05, 0) is 35.9 Å². The first-order valence-corrected chi connectivity index (χ1v) is 9.26. The van der Waals surface area contributed by atoms with Crippen LogP contribution >= 0.6 is 11.6 Å². The van der Waals surface area contributed by atoms with E-state index in [-0.39, 0.29) is 29.8 Å². The minimum atomic E-state index is -0.594. The zero-order valence-corrected chi connectivity index (χ0v) is 15.6. The van der Waals surface area contributed by atoms with Crippen LogP contribution < -0.4 is 10.2 Å². The number of hydrogen-bond acceptors (Lipinski definition) is 3. The van der Waals surface area contributed by atoms with Crippen LogP contribution in [0.4, 0.5) is 10.1 Å². The van der Waals surface area contributed by atoms with Crippen molar-refractivity contribution in [3.63, 3.8) is 0 Å². The summed E-state index contributed by atoms with van der Waals surface area (Å²) in [7, 11) is 0. The molecule has 4 rings (SSSR count). The first-order chi connectivity index (χ1) is 13.5. The number of carbonyl (C=O) groups is 2. The Balaban J connectivity index is 1.40. The molecule has 2 heterocycles. The normalized spacial score (nSPS) is 16.6. The number of amides is 2. The quantitative estimate of drug-likeness (QED) is 0.730. The summed E-state index contributed by atoms with van der Waals surface area (Å²) in [6, 6.07) is 13.9. The van der Waals surface area contributed by atoms with Crippen molar-refractivity contribution >= 4 is 40.0 Å². The van der Waals surface area contributed by atoms with Gasteiger partial charge in [-0.1, -0.05) is 29.8 Å². The maximum Gasteiger partial charge on any atom is 0.227 e. The molecule has 7 heteroatoms. The van der Waals surface area contributed by atoms with Gasteiger partial charge in [-0.2, -0.15) is 0 Å². The molecular weight excluding hydrogens is 381 g/mol. The predicted molar refractivity (Wildman–Crippen MR) is 105 cm³/mol. The van der Waals surface area contributed by atoms with Gasteiger partial charge in [0.25, 0.3) is 0 Å². The van der Waals surface area contributed by atoms with E-state index in [9.17, 15) is 14.0 Å². The number of fused-ring (bicyclic) bond motifs is 1. The van der Waals surface area contributed by atoms with Gasteiger partial charge < -0.3 is 10.2 Å². The highest BCUT2D eigenvalue weighted by Crippen LogP contribution is 2.28. The standard InChI is InChI=1S/C21H17ClFN3O2/c22-17-6-5-16(9-18(17)23)26-12-15(8-20(26)27)21(28)25-11-13-7-14-3-1-2-4-19(14)24-10-13/h1-7,9-10,15H,8,11-12H2,(H,25,28). The smallest absolute Gasteiger partial charge is 0.227 e. The molecule has 0 spiro atoms. The fourth-order valence-corrected chi connectivity index (χ4v) is 3.45. The van der Waals surface area contributed by atoms with Crippen molar-refractivity contribution in [2.45, 2.75) is 13.0 Å². The third-order valence-corrected chi connectivity index (χ3v) is 5.13. The number of benzene rings is 2. The lowest BCUT2D eigenvalue weighted by Gasteiger charge is -2.17. The monoisotopic (exact) mass is 397 g/mol. The van der Waals surface area contributed by atoms with Crippen molar-refractivity contribution in [3.8, 4) is 0 Å². The Hall–Kier alpha value is -2.99. The van der Waals surface area contributed by atoms with Crippen molar-refractivity contribution < 1.29 is 14.0 Å². The van der Waals surface area contributed by atoms with E-state index in [4.69, 9.17) is 11.6 Å². The van der Waals surface area contributed by atoms with E-state index in [1.807, 2.05) is 30.3 Å². The van der Waals surface area contributed by atoms with Gasteiger partial charge in [-0.3, -0.25) is 14.6 Å². The van der Waals surface area contributed by atoms with Crippen molar-refractivity contribution in [2.24, 2.45) is 5.92 Å². The molecule has 1 unspecified atom stereocenters. The lowest BCUT2D eigenvalue weighted by atomic mass is 10.1. The van der Waals surface area contributed by atoms with Gasteiger partial charge in [0.1, 0.15) is 5.82 Å². The SMILES string of the molecule is O=C(NCc1cnc2ccccc2c1)C1CC(=O)N(c2ccc(Cl)c(F)c2)C1. The van der Waals surface area contributed by atoms with E-state index in [2.05, 4.69) is 10.3 Å². The summed E-state index contributed by atoms with van der Waals surface area (Å²) in [4.78, 5) is 30.6. The third-order valence-electron chi connectivity index (χ3n) is 4.82. The van der Waals surface area contributed by atoms with Crippen LogP contribution in [0.5, 0.6) is 0 Å². The van der Waals surface area contributed by atoms with Gasteiger partial charge in [0, 0.05) is 36.8 Å². The summed E-state index contributed by atoms with van der Waals surface area (Å²) in [5.41, 5.74) is 2.18. The van der Waals surface area contributed by atoms with Crippen LogP contribution in [-0.2, 0) is 16.1 Å². The number of hydrogen-bond donors (Lipinski definition) is 1. The van der Waals surface area contributed by atoms with Crippen LogP contribution in [0, 0.1) is 11.7 Å². The largest absolute Gasteiger partial charge is 0.352 e. The minimum Gasteiger partial charge on any atom is -0.352 e. The summed E-state index contributed by atoms with van der Waals surface area (Å²) in [5, 5.41) is 3.86. The molecule has 3 aromatic rings. The number of rotatable bonds is 4. The number of carbonyl (C=O) groups excluding carboxylic acids is 2. The number of nitrogens with one attached hydrogen (secondary N) is 1. The first-order valence-electron chi connectivity index (χ1n) is 8.88. The van der Waals surface area contributed by atoms with Crippen molar-refractivity contribution in [1.82, 2.24) is 10.3 Å². The van der Waals surface area contributed by atoms with E-state index >= 15 is 0 Å². The molecular formula is C21H17ClFN3O2. The third kappa shape index (κ3) is 3.68. The van der Waals surface area contributed by atoms with E-state index in [0.717, 1.165) is 16.5 Å². The second-order valence-electron chi connectivity index (χ2n) is 6.76. The van der Waals surface area contributed by atoms with Gasteiger partial charge in [0.2, 0.25) is 11.8 Å². The molecule has 0 radical (unpaired) electrons. The average Bonchev–Trinajstić information content (AvgIpc) is 3.10. The lowest BCUT2D eigenvalue weighted by molar-refractivity contribution is -0.126. The Kier molecular flexibility index (Phi) is 4.96. The van der Waals surface area contributed by atoms with Crippen LogP contribution in [-0.4, -0.2) is 23.3 Å². The second-order valence-corrected chi connectivity index (χ2v) is 7.17. The first kappa shape index (κ1) is 18.4. The number of pyridine rings is 1. The fourth-order valence-electron chi connectivity index (χ4n) is 3.33. The molecule has 1 saturated heterocycles. The van der Waals surface area contributed by atoms with E-state index in [1.165, 1.54) is 17.0 Å². The highest BCUT2D eigenvalue weighted by atomic mass is 35.5. The molecule has 0 saturated carbocycles. The van der Waals surface area contributed by atoms with Crippen molar-refractivity contribution in [2.75, 3.05) is 11.4 Å². The maximum atomic E-state index is 13.7. The van der Waals surface area contributed by atoms with Crippen LogP contribution in [0.15, 0.2) is 54.7 Å². The summed E-state index contributed by atoms with van der Waals surface area (Å²) >= 11 is 5.69. The number of anilines is 1. The molecule has 2 aromatic carbocycles. The molecule has 1 fully saturated rings. The van der Waals surface area contributed by atoms with Gasteiger partial charge in [0.05, 0.1) is 16.5 Å². The summed E-state index contributed by atoms with van der Waals surface area (Å²) in [6.07, 6.45) is 1.82. The van der Waals surface area contributed by atoms with Crippen LogP contribution in [0.25, 0.3) is 10.9 Å². The number of aromatic nitrogens is 1. The molecule has 0 aliphatic carbocycles. The van der Waals surface area contributed by atoms with Gasteiger partial charge >= 0.3 is 0 Å². The Bertz CT molecular complexity index is 1070. The molecule has 1 aromatic heterocycles. The summed E-state index contributed by atoms with van der Waals surface area (Å²) in [5.74, 6) is -1.50. The fraction of sp³-hybridized carbons (Fsp3) is 0.190. The summed E-state index contributed by atoms with van der Waals surface area (Å²) < 4.78 is 13.7. The molecule has 0 bridgehead atoms. The molecule has 2 amide bonds. The highest BCUT2D eigenvalue weighted by molar-refractivity contribution is 6.30. The molecule has 1 aliphatic heterocycles. The highest BCUT2D eigenvalue weighted by Gasteiger charge is 2.35. The summed E-state index contributed by atoms with van der Waals surface area (Å²) in [6.45, 7) is 0.540. The number of halogens is 2. The van der Waals surface area contributed by atoms with Gasteiger partial charge in [0.15, 0.2) is 0 Å². The Labute approximate surface area is 166 Å². The van der Waals surface area contributed by atoms with Gasteiger partial charge in [-0.15, -0.1) is 0 Å². The number of para-hydroxylation sites is 1. The Morgan fingerprint density at radius 3 is 2.89 bits per heavy atom. The van der Waals surface area contributed by atoms with Crippen LogP contribution in [0.2, 0.25) is 5.02 Å². The number of nitrogens with zero attached hydrogens (tertiary/aromatic N) is 2. The van der Waals surface area contributed by atoms with E-state index < -0.39 is 11.7 Å². The van der Waals surface area contributed by atoms with E-state index in [1.54, 1.807) is 12.3 Å². The molecule has 1 aliphatic rings. The predicted octanol–water partition coefficient (Wildman–Crippen LogP) is 3.70. The van der Waals surface area contributed by atoms with Crippen molar-refractivity contribution in [3.05, 3.63) is 71.1 Å². The van der Waals surface area contributed by atoms with Crippen LogP contribution in [0.1, 0.15) is 12.0 Å². The molecule has 5 nitrogen and oxygen atoms in total. The van der Waals surface area contributed by atoms with E-state index in [0.29, 0.717) is 12.2 Å². The minimum absolute atomic E-state index is 0.00585. The zero-order chi connectivity index (χ0) is 19.7. The molecule has 28 heavy (non-hydrogen) atoms. The Morgan fingerprint density at radius 2 is 2.07 bits per heavy atom. The zero-order valence-electron chi connectivity index (χ0n) is 14.9. The van der Waals surface area contributed by atoms with Crippen molar-refractivity contribution in [1.29, 1.82) is 0 Å². The average molecular weight is 398 g/mol. The maximum absolute atomic E-state index is 13.7. The second kappa shape index (κ2) is 7.56. The Morgan fingerprint density at radius 1 is 1.25 bits per heavy atom. The topological polar surface area (TPSA) is 62.3 Å². The lowest BCUT2D eigenvalue weighted by Crippen LogP contribution is -2.32.